The van der Waals surface area contributed by atoms with Crippen LogP contribution in [0.15, 0.2) is 30.6 Å². The van der Waals surface area contributed by atoms with Gasteiger partial charge in [-0.1, -0.05) is 22.9 Å². The molecule has 1 fully saturated rings. The summed E-state index contributed by atoms with van der Waals surface area (Å²) in [5.74, 6) is 0.0111. The van der Waals surface area contributed by atoms with Gasteiger partial charge in [-0.15, -0.1) is 5.10 Å². The van der Waals surface area contributed by atoms with Crippen molar-refractivity contribution in [2.45, 2.75) is 25.8 Å². The van der Waals surface area contributed by atoms with Crippen LogP contribution in [0, 0.1) is 6.92 Å². The number of amides is 1. The highest BCUT2D eigenvalue weighted by Crippen LogP contribution is 2.25. The van der Waals surface area contributed by atoms with Gasteiger partial charge in [0, 0.05) is 19.3 Å². The molecule has 1 aliphatic rings. The molecule has 0 unspecified atom stereocenters. The topological polar surface area (TPSA) is 51.0 Å². The second-order valence-electron chi connectivity index (χ2n) is 5.39. The van der Waals surface area contributed by atoms with Gasteiger partial charge in [0.15, 0.2) is 0 Å². The minimum absolute atomic E-state index is 0.0111. The molecule has 2 aromatic rings. The summed E-state index contributed by atoms with van der Waals surface area (Å²) in [5.41, 5.74) is 1.64. The summed E-state index contributed by atoms with van der Waals surface area (Å²) in [5, 5.41) is 8.39. The van der Waals surface area contributed by atoms with E-state index < -0.39 is 0 Å². The Morgan fingerprint density at radius 3 is 2.71 bits per heavy atom. The molecule has 110 valence electrons. The highest BCUT2D eigenvalue weighted by molar-refractivity contribution is 6.33. The molecule has 2 heterocycles. The maximum absolute atomic E-state index is 12.5. The maximum Gasteiger partial charge on any atom is 0.255 e. The van der Waals surface area contributed by atoms with Crippen LogP contribution < -0.4 is 0 Å². The number of halogens is 1. The van der Waals surface area contributed by atoms with Gasteiger partial charge in [0.2, 0.25) is 0 Å². The summed E-state index contributed by atoms with van der Waals surface area (Å²) in [7, 11) is 0. The first-order valence-electron chi connectivity index (χ1n) is 7.06. The predicted octanol–water partition coefficient (Wildman–Crippen LogP) is 2.72. The lowest BCUT2D eigenvalue weighted by Crippen LogP contribution is -2.39. The maximum atomic E-state index is 12.5. The standard InChI is InChI=1S/C15H17ClN4O/c1-11-2-3-13(14(16)10-11)15(21)19-7-4-12(5-8-19)20-9-6-17-18-20/h2-3,6,9-10,12H,4-5,7-8H2,1H3. The number of nitrogens with zero attached hydrogens (tertiary/aromatic N) is 4. The monoisotopic (exact) mass is 304 g/mol. The van der Waals surface area contributed by atoms with Crippen LogP contribution in [0.1, 0.15) is 34.8 Å². The van der Waals surface area contributed by atoms with Crippen molar-refractivity contribution in [3.8, 4) is 0 Å². The summed E-state index contributed by atoms with van der Waals surface area (Å²) >= 11 is 6.18. The van der Waals surface area contributed by atoms with Crippen LogP contribution in [-0.2, 0) is 0 Å². The number of rotatable bonds is 2. The third-order valence-corrected chi connectivity index (χ3v) is 4.23. The van der Waals surface area contributed by atoms with Gasteiger partial charge in [0.25, 0.3) is 5.91 Å². The Hall–Kier alpha value is -1.88. The molecule has 0 spiro atoms. The first kappa shape index (κ1) is 14.1. The van der Waals surface area contributed by atoms with Crippen molar-refractivity contribution in [3.63, 3.8) is 0 Å². The molecular weight excluding hydrogens is 288 g/mol. The number of carbonyl (C=O) groups is 1. The van der Waals surface area contributed by atoms with Gasteiger partial charge in [-0.25, -0.2) is 4.68 Å². The number of piperidine rings is 1. The van der Waals surface area contributed by atoms with E-state index in [0.29, 0.717) is 29.7 Å². The van der Waals surface area contributed by atoms with Gasteiger partial charge < -0.3 is 4.90 Å². The van der Waals surface area contributed by atoms with Crippen molar-refractivity contribution in [2.75, 3.05) is 13.1 Å². The number of likely N-dealkylation sites (tertiary alicyclic amines) is 1. The fourth-order valence-electron chi connectivity index (χ4n) is 2.71. The lowest BCUT2D eigenvalue weighted by molar-refractivity contribution is 0.0689. The molecular formula is C15H17ClN4O. The second-order valence-corrected chi connectivity index (χ2v) is 5.80. The quantitative estimate of drug-likeness (QED) is 0.857. The minimum Gasteiger partial charge on any atom is -0.338 e. The zero-order chi connectivity index (χ0) is 14.8. The second kappa shape index (κ2) is 5.85. The SMILES string of the molecule is Cc1ccc(C(=O)N2CCC(n3ccnn3)CC2)c(Cl)c1. The molecule has 1 aliphatic heterocycles. The van der Waals surface area contributed by atoms with E-state index in [1.807, 2.05) is 40.9 Å². The first-order valence-corrected chi connectivity index (χ1v) is 7.44. The Morgan fingerprint density at radius 2 is 2.10 bits per heavy atom. The lowest BCUT2D eigenvalue weighted by Gasteiger charge is -2.32. The molecule has 1 saturated heterocycles. The average molecular weight is 305 g/mol. The van der Waals surface area contributed by atoms with E-state index >= 15 is 0 Å². The zero-order valence-corrected chi connectivity index (χ0v) is 12.6. The third-order valence-electron chi connectivity index (χ3n) is 3.92. The molecule has 0 radical (unpaired) electrons. The molecule has 3 rings (SSSR count). The number of aryl methyl sites for hydroxylation is 1. The van der Waals surface area contributed by atoms with Crippen molar-refractivity contribution in [2.24, 2.45) is 0 Å². The molecule has 1 aromatic heterocycles. The number of aromatic nitrogens is 3. The van der Waals surface area contributed by atoms with Gasteiger partial charge in [0.1, 0.15) is 0 Å². The van der Waals surface area contributed by atoms with Crippen LogP contribution in [-0.4, -0.2) is 38.9 Å². The Kier molecular flexibility index (Phi) is 3.92. The number of hydrogen-bond donors (Lipinski definition) is 0. The molecule has 0 atom stereocenters. The van der Waals surface area contributed by atoms with Crippen LogP contribution in [0.4, 0.5) is 0 Å². The first-order chi connectivity index (χ1) is 10.1. The average Bonchev–Trinajstić information content (AvgIpc) is 3.01. The van der Waals surface area contributed by atoms with Crippen LogP contribution in [0.2, 0.25) is 5.02 Å². The van der Waals surface area contributed by atoms with E-state index in [2.05, 4.69) is 10.3 Å². The summed E-state index contributed by atoms with van der Waals surface area (Å²) in [4.78, 5) is 14.4. The van der Waals surface area contributed by atoms with Crippen LogP contribution in [0.25, 0.3) is 0 Å². The van der Waals surface area contributed by atoms with Gasteiger partial charge in [-0.05, 0) is 37.5 Å². The van der Waals surface area contributed by atoms with Crippen molar-refractivity contribution in [1.82, 2.24) is 19.9 Å². The summed E-state index contributed by atoms with van der Waals surface area (Å²) < 4.78 is 1.88. The van der Waals surface area contributed by atoms with E-state index in [1.165, 1.54) is 0 Å². The number of benzene rings is 1. The Labute approximate surface area is 128 Å². The highest BCUT2D eigenvalue weighted by atomic mass is 35.5. The van der Waals surface area contributed by atoms with E-state index in [0.717, 1.165) is 18.4 Å². The van der Waals surface area contributed by atoms with E-state index in [4.69, 9.17) is 11.6 Å². The van der Waals surface area contributed by atoms with E-state index in [1.54, 1.807) is 6.20 Å². The molecule has 1 amide bonds. The fourth-order valence-corrected chi connectivity index (χ4v) is 3.03. The molecule has 21 heavy (non-hydrogen) atoms. The van der Waals surface area contributed by atoms with Gasteiger partial charge in [0.05, 0.1) is 22.8 Å². The van der Waals surface area contributed by atoms with Crippen LogP contribution in [0.5, 0.6) is 0 Å². The van der Waals surface area contributed by atoms with Crippen molar-refractivity contribution in [1.29, 1.82) is 0 Å². The van der Waals surface area contributed by atoms with Crippen LogP contribution in [0.3, 0.4) is 0 Å². The Bertz CT molecular complexity index is 633. The van der Waals surface area contributed by atoms with Crippen molar-refractivity contribution < 1.29 is 4.79 Å². The molecule has 1 aromatic carbocycles. The summed E-state index contributed by atoms with van der Waals surface area (Å²) in [6.07, 6.45) is 5.33. The van der Waals surface area contributed by atoms with Gasteiger partial charge in [-0.3, -0.25) is 4.79 Å². The predicted molar refractivity (Wildman–Crippen MR) is 80.4 cm³/mol. The largest absolute Gasteiger partial charge is 0.338 e. The summed E-state index contributed by atoms with van der Waals surface area (Å²) in [6, 6.07) is 5.88. The molecule has 0 bridgehead atoms. The normalized spacial score (nSPS) is 16.2. The van der Waals surface area contributed by atoms with Gasteiger partial charge >= 0.3 is 0 Å². The Balaban J connectivity index is 1.67. The van der Waals surface area contributed by atoms with Gasteiger partial charge in [-0.2, -0.15) is 0 Å². The zero-order valence-electron chi connectivity index (χ0n) is 11.9. The highest BCUT2D eigenvalue weighted by Gasteiger charge is 2.25. The number of carbonyl (C=O) groups excluding carboxylic acids is 1. The van der Waals surface area contributed by atoms with Crippen molar-refractivity contribution >= 4 is 17.5 Å². The smallest absolute Gasteiger partial charge is 0.255 e. The molecule has 0 saturated carbocycles. The minimum atomic E-state index is 0.0111. The van der Waals surface area contributed by atoms with Crippen molar-refractivity contribution in [3.05, 3.63) is 46.7 Å². The van der Waals surface area contributed by atoms with E-state index in [-0.39, 0.29) is 5.91 Å². The fraction of sp³-hybridized carbons (Fsp3) is 0.400. The van der Waals surface area contributed by atoms with E-state index in [9.17, 15) is 4.79 Å². The Morgan fingerprint density at radius 1 is 1.33 bits per heavy atom. The third kappa shape index (κ3) is 2.93. The lowest BCUT2D eigenvalue weighted by atomic mass is 10.0. The molecule has 0 aliphatic carbocycles. The van der Waals surface area contributed by atoms with Crippen LogP contribution >= 0.6 is 11.6 Å². The molecule has 5 nitrogen and oxygen atoms in total. The molecule has 6 heteroatoms. The molecule has 0 N–H and O–H groups in total. The number of hydrogen-bond acceptors (Lipinski definition) is 3. The summed E-state index contributed by atoms with van der Waals surface area (Å²) in [6.45, 7) is 3.39.